The van der Waals surface area contributed by atoms with Gasteiger partial charge in [-0.1, -0.05) is 6.92 Å². The van der Waals surface area contributed by atoms with Crippen molar-refractivity contribution in [1.82, 2.24) is 9.80 Å². The van der Waals surface area contributed by atoms with Gasteiger partial charge in [0.15, 0.2) is 0 Å². The second-order valence-electron chi connectivity index (χ2n) is 5.63. The first-order valence-corrected chi connectivity index (χ1v) is 7.63. The van der Waals surface area contributed by atoms with Crippen LogP contribution in [0.5, 0.6) is 0 Å². The molecule has 1 aliphatic rings. The fraction of sp³-hybridized carbons (Fsp3) is 0.846. The molecule has 0 bridgehead atoms. The van der Waals surface area contributed by atoms with E-state index in [1.54, 1.807) is 34.6 Å². The van der Waals surface area contributed by atoms with E-state index in [0.29, 0.717) is 32.6 Å². The first-order valence-electron chi connectivity index (χ1n) is 6.55. The zero-order chi connectivity index (χ0) is 14.6. The van der Waals surface area contributed by atoms with Gasteiger partial charge in [-0.05, 0) is 20.3 Å². The second-order valence-corrected chi connectivity index (χ2v) is 6.56. The molecule has 1 rings (SSSR count). The van der Waals surface area contributed by atoms with Crippen molar-refractivity contribution in [3.05, 3.63) is 0 Å². The smallest absolute Gasteiger partial charge is 0.283 e. The Labute approximate surface area is 128 Å². The molecule has 1 atom stereocenters. The molecule has 1 aliphatic heterocycles. The van der Waals surface area contributed by atoms with Crippen LogP contribution in [0, 0.1) is 5.92 Å². The Balaban J connectivity index is 2.49. The third kappa shape index (κ3) is 4.91. The topological polar surface area (TPSA) is 49.9 Å². The standard InChI is InChI=1S/C13H23IN2O3/c1-10(9-13(2,3)19-4)11(17)15-5-7-16(8-6-15)12(14)18/h10H,5-9H2,1-4H3. The van der Waals surface area contributed by atoms with Crippen molar-refractivity contribution in [1.29, 1.82) is 0 Å². The highest BCUT2D eigenvalue weighted by atomic mass is 127. The third-order valence-electron chi connectivity index (χ3n) is 3.61. The fourth-order valence-electron chi connectivity index (χ4n) is 2.32. The molecule has 0 N–H and O–H groups in total. The molecule has 110 valence electrons. The minimum Gasteiger partial charge on any atom is -0.379 e. The van der Waals surface area contributed by atoms with Gasteiger partial charge in [-0.2, -0.15) is 0 Å². The highest BCUT2D eigenvalue weighted by Gasteiger charge is 2.29. The number of nitrogens with zero attached hydrogens (tertiary/aromatic N) is 2. The summed E-state index contributed by atoms with van der Waals surface area (Å²) >= 11 is 1.79. The molecule has 0 spiro atoms. The number of carbonyl (C=O) groups excluding carboxylic acids is 2. The van der Waals surface area contributed by atoms with Gasteiger partial charge < -0.3 is 14.5 Å². The predicted octanol–water partition coefficient (Wildman–Crippen LogP) is 2.14. The van der Waals surface area contributed by atoms with E-state index < -0.39 is 0 Å². The Morgan fingerprint density at radius 2 is 1.68 bits per heavy atom. The lowest BCUT2D eigenvalue weighted by Gasteiger charge is -2.36. The minimum atomic E-state index is -0.283. The van der Waals surface area contributed by atoms with Gasteiger partial charge in [0.1, 0.15) is 0 Å². The number of ether oxygens (including phenoxy) is 1. The molecule has 0 aromatic heterocycles. The maximum atomic E-state index is 12.3. The number of carbonyl (C=O) groups is 2. The Morgan fingerprint density at radius 1 is 1.21 bits per heavy atom. The molecule has 1 fully saturated rings. The second kappa shape index (κ2) is 6.88. The Bertz CT molecular complexity index is 339. The minimum absolute atomic E-state index is 0.0539. The monoisotopic (exact) mass is 382 g/mol. The maximum Gasteiger partial charge on any atom is 0.283 e. The van der Waals surface area contributed by atoms with Crippen molar-refractivity contribution in [3.8, 4) is 0 Å². The normalized spacial score (nSPS) is 18.4. The largest absolute Gasteiger partial charge is 0.379 e. The molecule has 1 saturated heterocycles. The van der Waals surface area contributed by atoms with Crippen molar-refractivity contribution in [2.45, 2.75) is 32.8 Å². The summed E-state index contributed by atoms with van der Waals surface area (Å²) in [5, 5.41) is 0. The lowest BCUT2D eigenvalue weighted by atomic mass is 9.93. The molecular formula is C13H23IN2O3. The van der Waals surface area contributed by atoms with Gasteiger partial charge in [-0.25, -0.2) is 0 Å². The summed E-state index contributed by atoms with van der Waals surface area (Å²) in [6.45, 7) is 8.45. The van der Waals surface area contributed by atoms with Crippen molar-refractivity contribution in [3.63, 3.8) is 0 Å². The van der Waals surface area contributed by atoms with Gasteiger partial charge in [-0.3, -0.25) is 9.59 Å². The van der Waals surface area contributed by atoms with Gasteiger partial charge in [0.25, 0.3) is 3.91 Å². The summed E-state index contributed by atoms with van der Waals surface area (Å²) < 4.78 is 5.42. The first-order chi connectivity index (χ1) is 8.76. The summed E-state index contributed by atoms with van der Waals surface area (Å²) in [6, 6.07) is 0. The molecule has 0 aliphatic carbocycles. The maximum absolute atomic E-state index is 12.3. The molecule has 0 saturated carbocycles. The number of methoxy groups -OCH3 is 1. The molecule has 0 aromatic carbocycles. The number of piperazine rings is 1. The number of rotatable bonds is 4. The molecule has 1 heterocycles. The van der Waals surface area contributed by atoms with E-state index in [1.165, 1.54) is 0 Å². The highest BCUT2D eigenvalue weighted by molar-refractivity contribution is 14.1. The van der Waals surface area contributed by atoms with Crippen LogP contribution in [0.25, 0.3) is 0 Å². The van der Waals surface area contributed by atoms with Crippen LogP contribution < -0.4 is 0 Å². The molecule has 5 nitrogen and oxygen atoms in total. The summed E-state index contributed by atoms with van der Waals surface area (Å²) in [5.74, 6) is 0.0995. The van der Waals surface area contributed by atoms with Gasteiger partial charge >= 0.3 is 0 Å². The van der Waals surface area contributed by atoms with Gasteiger partial charge in [0, 0.05) is 61.8 Å². The van der Waals surface area contributed by atoms with E-state index >= 15 is 0 Å². The molecule has 0 radical (unpaired) electrons. The van der Waals surface area contributed by atoms with Gasteiger partial charge in [0.05, 0.1) is 5.60 Å². The van der Waals surface area contributed by atoms with Crippen LogP contribution in [0.2, 0.25) is 0 Å². The number of halogens is 1. The van der Waals surface area contributed by atoms with E-state index in [9.17, 15) is 9.59 Å². The fourth-order valence-corrected chi connectivity index (χ4v) is 2.80. The Morgan fingerprint density at radius 3 is 2.11 bits per heavy atom. The third-order valence-corrected chi connectivity index (χ3v) is 4.29. The van der Waals surface area contributed by atoms with Crippen LogP contribution in [0.15, 0.2) is 0 Å². The van der Waals surface area contributed by atoms with E-state index in [-0.39, 0.29) is 21.3 Å². The van der Waals surface area contributed by atoms with Gasteiger partial charge in [-0.15, -0.1) is 0 Å². The van der Waals surface area contributed by atoms with Crippen LogP contribution in [0.4, 0.5) is 4.79 Å². The van der Waals surface area contributed by atoms with Crippen LogP contribution in [0.1, 0.15) is 27.2 Å². The molecule has 0 aromatic rings. The quantitative estimate of drug-likeness (QED) is 0.425. The molecular weight excluding hydrogens is 359 g/mol. The zero-order valence-electron chi connectivity index (χ0n) is 12.1. The summed E-state index contributed by atoms with van der Waals surface area (Å²) in [7, 11) is 1.67. The average Bonchev–Trinajstić information content (AvgIpc) is 2.37. The first kappa shape index (κ1) is 16.7. The molecule has 19 heavy (non-hydrogen) atoms. The molecule has 2 amide bonds. The zero-order valence-corrected chi connectivity index (χ0v) is 14.3. The molecule has 1 unspecified atom stereocenters. The van der Waals surface area contributed by atoms with Crippen molar-refractivity contribution >= 4 is 32.4 Å². The average molecular weight is 382 g/mol. The van der Waals surface area contributed by atoms with E-state index in [4.69, 9.17) is 4.74 Å². The lowest BCUT2D eigenvalue weighted by molar-refractivity contribution is -0.138. The van der Waals surface area contributed by atoms with Crippen molar-refractivity contribution < 1.29 is 14.3 Å². The number of amides is 2. The molecule has 6 heteroatoms. The van der Waals surface area contributed by atoms with E-state index in [1.807, 2.05) is 25.7 Å². The summed E-state index contributed by atoms with van der Waals surface area (Å²) in [6.07, 6.45) is 0.702. The van der Waals surface area contributed by atoms with Crippen LogP contribution in [-0.2, 0) is 9.53 Å². The Hall–Kier alpha value is -0.370. The van der Waals surface area contributed by atoms with Crippen LogP contribution >= 0.6 is 22.6 Å². The number of hydrogen-bond donors (Lipinski definition) is 0. The van der Waals surface area contributed by atoms with Gasteiger partial charge in [0.2, 0.25) is 5.91 Å². The van der Waals surface area contributed by atoms with Crippen LogP contribution in [0.3, 0.4) is 0 Å². The number of hydrogen-bond acceptors (Lipinski definition) is 3. The summed E-state index contributed by atoms with van der Waals surface area (Å²) in [4.78, 5) is 27.2. The predicted molar refractivity (Wildman–Crippen MR) is 82.4 cm³/mol. The van der Waals surface area contributed by atoms with Crippen molar-refractivity contribution in [2.24, 2.45) is 5.92 Å². The lowest BCUT2D eigenvalue weighted by Crippen LogP contribution is -2.51. The SMILES string of the molecule is COC(C)(C)CC(C)C(=O)N1CCN(C(=O)I)CC1. The van der Waals surface area contributed by atoms with E-state index in [2.05, 4.69) is 0 Å². The Kier molecular flexibility index (Phi) is 6.04. The van der Waals surface area contributed by atoms with Crippen molar-refractivity contribution in [2.75, 3.05) is 33.3 Å². The summed E-state index contributed by atoms with van der Waals surface area (Å²) in [5.41, 5.74) is -0.283. The van der Waals surface area contributed by atoms with E-state index in [0.717, 1.165) is 0 Å². The van der Waals surface area contributed by atoms with Crippen LogP contribution in [-0.4, -0.2) is 58.5 Å². The highest BCUT2D eigenvalue weighted by Crippen LogP contribution is 2.21.